The molecule has 0 radical (unpaired) electrons. The zero-order valence-electron chi connectivity index (χ0n) is 9.74. The number of hydrogen-bond donors (Lipinski definition) is 1. The molecule has 17 heavy (non-hydrogen) atoms. The number of nitrogen functional groups attached to an aromatic ring is 1. The lowest BCUT2D eigenvalue weighted by atomic mass is 10.1. The van der Waals surface area contributed by atoms with E-state index in [1.807, 2.05) is 11.0 Å². The number of nitrogens with zero attached hydrogens (tertiary/aromatic N) is 1. The molecule has 1 aromatic carbocycles. The topological polar surface area (TPSA) is 46.3 Å². The third-order valence-electron chi connectivity index (χ3n) is 2.86. The van der Waals surface area contributed by atoms with Crippen molar-refractivity contribution in [2.45, 2.75) is 13.3 Å². The summed E-state index contributed by atoms with van der Waals surface area (Å²) in [5, 5.41) is 0. The summed E-state index contributed by atoms with van der Waals surface area (Å²) in [7, 11) is 0. The fraction of sp³-hybridized carbons (Fsp3) is 0.308. The van der Waals surface area contributed by atoms with Crippen molar-refractivity contribution in [3.05, 3.63) is 39.9 Å². The molecule has 0 saturated carbocycles. The van der Waals surface area contributed by atoms with E-state index >= 15 is 0 Å². The molecule has 2 N–H and O–H groups in total. The van der Waals surface area contributed by atoms with E-state index in [1.54, 1.807) is 12.1 Å². The Labute approximate surface area is 109 Å². The quantitative estimate of drug-likeness (QED) is 0.639. The molecule has 0 unspecified atom stereocenters. The Morgan fingerprint density at radius 1 is 1.47 bits per heavy atom. The average Bonchev–Trinajstić information content (AvgIpc) is 2.32. The van der Waals surface area contributed by atoms with Crippen LogP contribution < -0.4 is 5.73 Å². The Bertz CT molecular complexity index is 482. The van der Waals surface area contributed by atoms with Crippen LogP contribution in [0.25, 0.3) is 0 Å². The number of nitrogens with two attached hydrogens (primary N) is 1. The lowest BCUT2D eigenvalue weighted by molar-refractivity contribution is 0.0766. The minimum absolute atomic E-state index is 0.0525. The molecular formula is C13H15BrN2O. The van der Waals surface area contributed by atoms with Gasteiger partial charge in [-0.05, 0) is 47.5 Å². The Balaban J connectivity index is 2.19. The molecule has 0 aromatic heterocycles. The SMILES string of the molecule is CC1=CCCN(C(=O)c2ccc(Br)c(N)c2)C1. The Morgan fingerprint density at radius 3 is 2.88 bits per heavy atom. The molecule has 1 heterocycles. The zero-order chi connectivity index (χ0) is 12.4. The van der Waals surface area contributed by atoms with Crippen LogP contribution >= 0.6 is 15.9 Å². The van der Waals surface area contributed by atoms with E-state index in [1.165, 1.54) is 5.57 Å². The van der Waals surface area contributed by atoms with Gasteiger partial charge < -0.3 is 10.6 Å². The maximum absolute atomic E-state index is 12.2. The summed E-state index contributed by atoms with van der Waals surface area (Å²) in [6.07, 6.45) is 3.11. The summed E-state index contributed by atoms with van der Waals surface area (Å²) in [4.78, 5) is 14.1. The van der Waals surface area contributed by atoms with Crippen LogP contribution in [0.3, 0.4) is 0 Å². The lowest BCUT2D eigenvalue weighted by Gasteiger charge is -2.26. The van der Waals surface area contributed by atoms with Gasteiger partial charge in [0.2, 0.25) is 0 Å². The van der Waals surface area contributed by atoms with Gasteiger partial charge >= 0.3 is 0 Å². The minimum atomic E-state index is 0.0525. The van der Waals surface area contributed by atoms with Gasteiger partial charge in [-0.15, -0.1) is 0 Å². The van der Waals surface area contributed by atoms with Crippen LogP contribution in [0.2, 0.25) is 0 Å². The Hall–Kier alpha value is -1.29. The number of benzene rings is 1. The third kappa shape index (κ3) is 2.69. The molecule has 90 valence electrons. The molecule has 0 bridgehead atoms. The molecule has 2 rings (SSSR count). The van der Waals surface area contributed by atoms with Gasteiger partial charge in [0.1, 0.15) is 0 Å². The molecule has 0 aliphatic carbocycles. The van der Waals surface area contributed by atoms with Gasteiger partial charge in [0.25, 0.3) is 5.91 Å². The first kappa shape index (κ1) is 12.2. The number of anilines is 1. The smallest absolute Gasteiger partial charge is 0.254 e. The second kappa shape index (κ2) is 4.92. The summed E-state index contributed by atoms with van der Waals surface area (Å²) in [6, 6.07) is 5.34. The van der Waals surface area contributed by atoms with Gasteiger partial charge in [0.15, 0.2) is 0 Å². The first-order valence-corrected chi connectivity index (χ1v) is 6.37. The molecule has 1 aliphatic rings. The predicted molar refractivity (Wildman–Crippen MR) is 72.8 cm³/mol. The van der Waals surface area contributed by atoms with Crippen molar-refractivity contribution in [3.63, 3.8) is 0 Å². The third-order valence-corrected chi connectivity index (χ3v) is 3.58. The van der Waals surface area contributed by atoms with Gasteiger partial charge in [-0.1, -0.05) is 11.6 Å². The number of carbonyl (C=O) groups is 1. The van der Waals surface area contributed by atoms with E-state index in [2.05, 4.69) is 28.9 Å². The van der Waals surface area contributed by atoms with E-state index < -0.39 is 0 Å². The maximum Gasteiger partial charge on any atom is 0.254 e. The highest BCUT2D eigenvalue weighted by molar-refractivity contribution is 9.10. The summed E-state index contributed by atoms with van der Waals surface area (Å²) in [5.41, 5.74) is 8.28. The largest absolute Gasteiger partial charge is 0.398 e. The van der Waals surface area contributed by atoms with Crippen LogP contribution in [-0.2, 0) is 0 Å². The van der Waals surface area contributed by atoms with Crippen molar-refractivity contribution in [1.29, 1.82) is 0 Å². The first-order chi connectivity index (χ1) is 8.08. The van der Waals surface area contributed by atoms with Gasteiger partial charge in [-0.25, -0.2) is 0 Å². The number of amides is 1. The Morgan fingerprint density at radius 2 is 2.24 bits per heavy atom. The lowest BCUT2D eigenvalue weighted by Crippen LogP contribution is -2.35. The fourth-order valence-corrected chi connectivity index (χ4v) is 2.19. The van der Waals surface area contributed by atoms with Crippen LogP contribution in [0.1, 0.15) is 23.7 Å². The summed E-state index contributed by atoms with van der Waals surface area (Å²) < 4.78 is 0.823. The van der Waals surface area contributed by atoms with Crippen molar-refractivity contribution in [2.75, 3.05) is 18.8 Å². The fourth-order valence-electron chi connectivity index (χ4n) is 1.94. The number of carbonyl (C=O) groups excluding carboxylic acids is 1. The molecule has 3 nitrogen and oxygen atoms in total. The normalized spacial score (nSPS) is 15.6. The number of rotatable bonds is 1. The average molecular weight is 295 g/mol. The van der Waals surface area contributed by atoms with E-state index in [4.69, 9.17) is 5.73 Å². The van der Waals surface area contributed by atoms with Crippen molar-refractivity contribution in [3.8, 4) is 0 Å². The van der Waals surface area contributed by atoms with Gasteiger partial charge in [0, 0.05) is 28.8 Å². The van der Waals surface area contributed by atoms with Crippen LogP contribution in [0.15, 0.2) is 34.3 Å². The van der Waals surface area contributed by atoms with Gasteiger partial charge in [0.05, 0.1) is 0 Å². The summed E-state index contributed by atoms with van der Waals surface area (Å²) >= 11 is 3.33. The standard InChI is InChI=1S/C13H15BrN2O/c1-9-3-2-6-16(8-9)13(17)10-4-5-11(14)12(15)7-10/h3-5,7H,2,6,8,15H2,1H3. The molecule has 0 spiro atoms. The van der Waals surface area contributed by atoms with Crippen molar-refractivity contribution < 1.29 is 4.79 Å². The van der Waals surface area contributed by atoms with Crippen LogP contribution in [0, 0.1) is 0 Å². The molecule has 1 aliphatic heterocycles. The molecule has 0 fully saturated rings. The van der Waals surface area contributed by atoms with Crippen molar-refractivity contribution >= 4 is 27.5 Å². The summed E-state index contributed by atoms with van der Waals surface area (Å²) in [5.74, 6) is 0.0525. The zero-order valence-corrected chi connectivity index (χ0v) is 11.3. The maximum atomic E-state index is 12.2. The minimum Gasteiger partial charge on any atom is -0.398 e. The molecule has 0 saturated heterocycles. The highest BCUT2D eigenvalue weighted by Gasteiger charge is 2.18. The highest BCUT2D eigenvalue weighted by atomic mass is 79.9. The van der Waals surface area contributed by atoms with E-state index in [-0.39, 0.29) is 5.91 Å². The Kier molecular flexibility index (Phi) is 3.52. The molecule has 1 amide bonds. The molecule has 0 atom stereocenters. The number of halogens is 1. The van der Waals surface area contributed by atoms with Crippen LogP contribution in [0.4, 0.5) is 5.69 Å². The van der Waals surface area contributed by atoms with Gasteiger partial charge in [-0.2, -0.15) is 0 Å². The second-order valence-electron chi connectivity index (χ2n) is 4.30. The van der Waals surface area contributed by atoms with Crippen LogP contribution in [0.5, 0.6) is 0 Å². The van der Waals surface area contributed by atoms with E-state index in [0.29, 0.717) is 11.3 Å². The first-order valence-electron chi connectivity index (χ1n) is 5.58. The predicted octanol–water partition coefficient (Wildman–Crippen LogP) is 2.82. The van der Waals surface area contributed by atoms with Crippen molar-refractivity contribution in [2.24, 2.45) is 0 Å². The summed E-state index contributed by atoms with van der Waals surface area (Å²) in [6.45, 7) is 3.55. The molecular weight excluding hydrogens is 280 g/mol. The van der Waals surface area contributed by atoms with Crippen molar-refractivity contribution in [1.82, 2.24) is 4.90 Å². The molecule has 1 aromatic rings. The highest BCUT2D eigenvalue weighted by Crippen LogP contribution is 2.22. The monoisotopic (exact) mass is 294 g/mol. The van der Waals surface area contributed by atoms with Crippen LogP contribution in [-0.4, -0.2) is 23.9 Å². The van der Waals surface area contributed by atoms with Gasteiger partial charge in [-0.3, -0.25) is 4.79 Å². The second-order valence-corrected chi connectivity index (χ2v) is 5.16. The number of hydrogen-bond acceptors (Lipinski definition) is 2. The molecule has 4 heteroatoms. The van der Waals surface area contributed by atoms with E-state index in [0.717, 1.165) is 24.0 Å². The van der Waals surface area contributed by atoms with E-state index in [9.17, 15) is 4.79 Å².